The Morgan fingerprint density at radius 1 is 0.778 bits per heavy atom. The van der Waals surface area contributed by atoms with Crippen molar-refractivity contribution >= 4 is 23.4 Å². The molecule has 4 rings (SSSR count). The Kier molecular flexibility index (Phi) is 8.84. The highest BCUT2D eigenvalue weighted by Gasteiger charge is 2.30. The molecule has 1 atom stereocenters. The summed E-state index contributed by atoms with van der Waals surface area (Å²) in [4.78, 5) is 33.3. The molecular formula is C30H28ClN3O2. The monoisotopic (exact) mass is 497 g/mol. The van der Waals surface area contributed by atoms with E-state index in [0.717, 1.165) is 22.4 Å². The largest absolute Gasteiger partial charge is 0.349 e. The van der Waals surface area contributed by atoms with E-state index in [9.17, 15) is 9.59 Å². The summed E-state index contributed by atoms with van der Waals surface area (Å²) >= 11 is 6.03. The molecule has 0 aliphatic heterocycles. The Hall–Kier alpha value is -3.96. The van der Waals surface area contributed by atoms with Crippen molar-refractivity contribution in [2.45, 2.75) is 32.0 Å². The maximum Gasteiger partial charge on any atom is 0.243 e. The summed E-state index contributed by atoms with van der Waals surface area (Å²) in [5.41, 5.74) is 3.53. The van der Waals surface area contributed by atoms with E-state index in [1.54, 1.807) is 23.2 Å². The fourth-order valence-electron chi connectivity index (χ4n) is 4.01. The first-order valence-electron chi connectivity index (χ1n) is 11.9. The van der Waals surface area contributed by atoms with E-state index in [2.05, 4.69) is 10.3 Å². The van der Waals surface area contributed by atoms with E-state index in [0.29, 0.717) is 18.0 Å². The molecule has 2 amide bonds. The lowest BCUT2D eigenvalue weighted by Gasteiger charge is -2.31. The number of halogens is 1. The van der Waals surface area contributed by atoms with Crippen LogP contribution in [-0.4, -0.2) is 27.7 Å². The van der Waals surface area contributed by atoms with Crippen LogP contribution >= 0.6 is 11.6 Å². The standard InChI is InChI=1S/C30H28ClN3O2/c31-26-16-14-24(15-17-26)20-29(35)34(22-25-11-5-2-6-12-25)28(19-23-9-3-1-4-10-23)30(36)33-21-27-13-7-8-18-32-27/h1-18,28H,19-22H2,(H,33,36). The van der Waals surface area contributed by atoms with Crippen molar-refractivity contribution in [3.05, 3.63) is 137 Å². The van der Waals surface area contributed by atoms with E-state index in [1.807, 2.05) is 91.0 Å². The Labute approximate surface area is 216 Å². The SMILES string of the molecule is O=C(NCc1ccccn1)C(Cc1ccccc1)N(Cc1ccccc1)C(=O)Cc1ccc(Cl)cc1. The number of carbonyl (C=O) groups excluding carboxylic acids is 2. The van der Waals surface area contributed by atoms with Gasteiger partial charge in [0.15, 0.2) is 0 Å². The van der Waals surface area contributed by atoms with Crippen LogP contribution < -0.4 is 5.32 Å². The molecule has 4 aromatic rings. The summed E-state index contributed by atoms with van der Waals surface area (Å²) in [6, 6.07) is 31.6. The molecule has 6 heteroatoms. The fraction of sp³-hybridized carbons (Fsp3) is 0.167. The van der Waals surface area contributed by atoms with Crippen LogP contribution in [-0.2, 0) is 35.5 Å². The predicted octanol–water partition coefficient (Wildman–Crippen LogP) is 5.23. The van der Waals surface area contributed by atoms with Crippen LogP contribution in [0.15, 0.2) is 109 Å². The topological polar surface area (TPSA) is 62.3 Å². The lowest BCUT2D eigenvalue weighted by Crippen LogP contribution is -2.50. The zero-order valence-corrected chi connectivity index (χ0v) is 20.6. The van der Waals surface area contributed by atoms with Crippen LogP contribution in [0.5, 0.6) is 0 Å². The zero-order valence-electron chi connectivity index (χ0n) is 19.9. The second kappa shape index (κ2) is 12.7. The Bertz CT molecular complexity index is 1250. The van der Waals surface area contributed by atoms with E-state index in [-0.39, 0.29) is 24.8 Å². The second-order valence-corrected chi connectivity index (χ2v) is 8.99. The first kappa shape index (κ1) is 25.1. The van der Waals surface area contributed by atoms with Crippen molar-refractivity contribution in [3.63, 3.8) is 0 Å². The van der Waals surface area contributed by atoms with Crippen molar-refractivity contribution in [1.82, 2.24) is 15.2 Å². The van der Waals surface area contributed by atoms with Gasteiger partial charge in [0.1, 0.15) is 6.04 Å². The lowest BCUT2D eigenvalue weighted by molar-refractivity contribution is -0.140. The van der Waals surface area contributed by atoms with Crippen LogP contribution in [0.25, 0.3) is 0 Å². The van der Waals surface area contributed by atoms with Gasteiger partial charge in [-0.2, -0.15) is 0 Å². The van der Waals surface area contributed by atoms with Crippen LogP contribution in [0, 0.1) is 0 Å². The first-order chi connectivity index (χ1) is 17.6. The minimum atomic E-state index is -0.698. The van der Waals surface area contributed by atoms with Crippen LogP contribution in [0.1, 0.15) is 22.4 Å². The van der Waals surface area contributed by atoms with Gasteiger partial charge < -0.3 is 10.2 Å². The van der Waals surface area contributed by atoms with Gasteiger partial charge >= 0.3 is 0 Å². The molecule has 0 bridgehead atoms. The molecule has 0 saturated heterocycles. The van der Waals surface area contributed by atoms with E-state index in [1.165, 1.54) is 0 Å². The van der Waals surface area contributed by atoms with Gasteiger partial charge in [-0.25, -0.2) is 0 Å². The summed E-state index contributed by atoms with van der Waals surface area (Å²) in [5, 5.41) is 3.61. The van der Waals surface area contributed by atoms with E-state index in [4.69, 9.17) is 11.6 Å². The number of pyridine rings is 1. The molecule has 0 radical (unpaired) electrons. The molecule has 1 heterocycles. The molecule has 1 aromatic heterocycles. The Morgan fingerprint density at radius 2 is 1.42 bits per heavy atom. The molecule has 0 saturated carbocycles. The number of benzene rings is 3. The maximum atomic E-state index is 13.7. The molecule has 182 valence electrons. The summed E-state index contributed by atoms with van der Waals surface area (Å²) in [6.45, 7) is 0.608. The summed E-state index contributed by atoms with van der Waals surface area (Å²) in [5.74, 6) is -0.347. The van der Waals surface area contributed by atoms with Gasteiger partial charge in [0.2, 0.25) is 11.8 Å². The molecule has 3 aromatic carbocycles. The molecule has 0 fully saturated rings. The lowest BCUT2D eigenvalue weighted by atomic mass is 10.0. The van der Waals surface area contributed by atoms with Gasteiger partial charge in [0.25, 0.3) is 0 Å². The number of aromatic nitrogens is 1. The van der Waals surface area contributed by atoms with Crippen molar-refractivity contribution in [2.24, 2.45) is 0 Å². The number of amides is 2. The number of hydrogen-bond acceptors (Lipinski definition) is 3. The van der Waals surface area contributed by atoms with Gasteiger partial charge in [-0.15, -0.1) is 0 Å². The molecular weight excluding hydrogens is 470 g/mol. The second-order valence-electron chi connectivity index (χ2n) is 8.55. The average molecular weight is 498 g/mol. The van der Waals surface area contributed by atoms with Gasteiger partial charge in [0.05, 0.1) is 18.7 Å². The minimum Gasteiger partial charge on any atom is -0.349 e. The zero-order chi connectivity index (χ0) is 25.2. The molecule has 0 spiro atoms. The van der Waals surface area contributed by atoms with E-state index >= 15 is 0 Å². The molecule has 1 N–H and O–H groups in total. The van der Waals surface area contributed by atoms with Crippen LogP contribution in [0.4, 0.5) is 0 Å². The number of hydrogen-bond donors (Lipinski definition) is 1. The third-order valence-corrected chi connectivity index (χ3v) is 6.16. The maximum absolute atomic E-state index is 13.7. The predicted molar refractivity (Wildman–Crippen MR) is 142 cm³/mol. The molecule has 1 unspecified atom stereocenters. The van der Waals surface area contributed by atoms with Gasteiger partial charge in [0, 0.05) is 24.2 Å². The van der Waals surface area contributed by atoms with Gasteiger partial charge in [-0.05, 0) is 41.0 Å². The Balaban J connectivity index is 1.63. The van der Waals surface area contributed by atoms with E-state index < -0.39 is 6.04 Å². The number of carbonyl (C=O) groups is 2. The Morgan fingerprint density at radius 3 is 2.06 bits per heavy atom. The average Bonchev–Trinajstić information content (AvgIpc) is 2.92. The molecule has 0 aliphatic carbocycles. The molecule has 5 nitrogen and oxygen atoms in total. The minimum absolute atomic E-state index is 0.130. The van der Waals surface area contributed by atoms with Crippen molar-refractivity contribution < 1.29 is 9.59 Å². The third-order valence-electron chi connectivity index (χ3n) is 5.91. The van der Waals surface area contributed by atoms with Gasteiger partial charge in [-0.3, -0.25) is 14.6 Å². The molecule has 0 aliphatic rings. The number of nitrogens with zero attached hydrogens (tertiary/aromatic N) is 2. The highest BCUT2D eigenvalue weighted by Crippen LogP contribution is 2.18. The van der Waals surface area contributed by atoms with Crippen molar-refractivity contribution in [3.8, 4) is 0 Å². The van der Waals surface area contributed by atoms with Crippen LogP contribution in [0.2, 0.25) is 5.02 Å². The smallest absolute Gasteiger partial charge is 0.243 e. The number of rotatable bonds is 10. The van der Waals surface area contributed by atoms with Crippen molar-refractivity contribution in [2.75, 3.05) is 0 Å². The van der Waals surface area contributed by atoms with Gasteiger partial charge in [-0.1, -0.05) is 90.5 Å². The summed E-state index contributed by atoms with van der Waals surface area (Å²) < 4.78 is 0. The fourth-order valence-corrected chi connectivity index (χ4v) is 4.14. The molecule has 36 heavy (non-hydrogen) atoms. The van der Waals surface area contributed by atoms with Crippen molar-refractivity contribution in [1.29, 1.82) is 0 Å². The third kappa shape index (κ3) is 7.27. The number of nitrogens with one attached hydrogen (secondary N) is 1. The highest BCUT2D eigenvalue weighted by molar-refractivity contribution is 6.30. The summed E-state index contributed by atoms with van der Waals surface area (Å²) in [7, 11) is 0. The highest BCUT2D eigenvalue weighted by atomic mass is 35.5. The normalized spacial score (nSPS) is 11.5. The van der Waals surface area contributed by atoms with Crippen LogP contribution in [0.3, 0.4) is 0 Å². The first-order valence-corrected chi connectivity index (χ1v) is 12.3. The summed E-state index contributed by atoms with van der Waals surface area (Å²) in [6.07, 6.45) is 2.26. The quantitative estimate of drug-likeness (QED) is 0.326.